The molecule has 19 heavy (non-hydrogen) atoms. The minimum atomic E-state index is -0.615. The van der Waals surface area contributed by atoms with Gasteiger partial charge in [-0.25, -0.2) is 0 Å². The van der Waals surface area contributed by atoms with Crippen LogP contribution in [0.4, 0.5) is 0 Å². The Balaban J connectivity index is 2.42. The van der Waals surface area contributed by atoms with E-state index in [0.29, 0.717) is 6.54 Å². The number of amides is 2. The Bertz CT molecular complexity index is 429. The lowest BCUT2D eigenvalue weighted by Crippen LogP contribution is -2.43. The summed E-state index contributed by atoms with van der Waals surface area (Å²) in [5.41, 5.74) is 0.908. The summed E-state index contributed by atoms with van der Waals surface area (Å²) in [5.74, 6) is -0.455. The van der Waals surface area contributed by atoms with Gasteiger partial charge >= 0.3 is 11.8 Å². The quantitative estimate of drug-likeness (QED) is 0.786. The van der Waals surface area contributed by atoms with Crippen molar-refractivity contribution in [2.75, 3.05) is 7.11 Å². The molecule has 0 aromatic heterocycles. The van der Waals surface area contributed by atoms with Crippen molar-refractivity contribution >= 4 is 11.8 Å². The standard InChI is InChI=1S/C14H20N2O3/c1-4-10(2)16-14(18)13(17)15-9-11-5-7-12(19-3)8-6-11/h5-8,10H,4,9H2,1-3H3,(H,15,17)(H,16,18)/t10-/m1/s1. The van der Waals surface area contributed by atoms with Gasteiger partial charge in [0.05, 0.1) is 7.11 Å². The molecule has 1 aromatic rings. The molecule has 1 aromatic carbocycles. The summed E-state index contributed by atoms with van der Waals surface area (Å²) in [6.45, 7) is 4.12. The highest BCUT2D eigenvalue weighted by molar-refractivity contribution is 6.35. The zero-order valence-electron chi connectivity index (χ0n) is 11.5. The normalized spacial score (nSPS) is 11.5. The van der Waals surface area contributed by atoms with Gasteiger partial charge in [-0.3, -0.25) is 9.59 Å². The maximum Gasteiger partial charge on any atom is 0.309 e. The van der Waals surface area contributed by atoms with Crippen LogP contribution in [0.2, 0.25) is 0 Å². The zero-order valence-corrected chi connectivity index (χ0v) is 11.5. The van der Waals surface area contributed by atoms with Gasteiger partial charge in [0.15, 0.2) is 0 Å². The van der Waals surface area contributed by atoms with Gasteiger partial charge in [-0.2, -0.15) is 0 Å². The van der Waals surface area contributed by atoms with Crippen LogP contribution in [0.1, 0.15) is 25.8 Å². The summed E-state index contributed by atoms with van der Waals surface area (Å²) in [7, 11) is 1.59. The van der Waals surface area contributed by atoms with Crippen LogP contribution in [0, 0.1) is 0 Å². The highest BCUT2D eigenvalue weighted by Crippen LogP contribution is 2.10. The van der Waals surface area contributed by atoms with E-state index in [9.17, 15) is 9.59 Å². The second-order valence-electron chi connectivity index (χ2n) is 4.31. The monoisotopic (exact) mass is 264 g/mol. The predicted molar refractivity (Wildman–Crippen MR) is 72.7 cm³/mol. The molecule has 0 spiro atoms. The Kier molecular flexibility index (Phi) is 5.85. The van der Waals surface area contributed by atoms with Gasteiger partial charge in [0.2, 0.25) is 0 Å². The molecule has 104 valence electrons. The van der Waals surface area contributed by atoms with Gasteiger partial charge in [-0.05, 0) is 31.0 Å². The number of carbonyl (C=O) groups excluding carboxylic acids is 2. The SMILES string of the molecule is CC[C@@H](C)NC(=O)C(=O)NCc1ccc(OC)cc1. The van der Waals surface area contributed by atoms with Crippen LogP contribution in [0.5, 0.6) is 5.75 Å². The van der Waals surface area contributed by atoms with E-state index >= 15 is 0 Å². The van der Waals surface area contributed by atoms with E-state index in [1.807, 2.05) is 26.0 Å². The molecule has 0 aliphatic rings. The van der Waals surface area contributed by atoms with E-state index in [1.165, 1.54) is 0 Å². The Labute approximate surface area is 113 Å². The lowest BCUT2D eigenvalue weighted by Gasteiger charge is -2.11. The zero-order chi connectivity index (χ0) is 14.3. The molecule has 0 bridgehead atoms. The van der Waals surface area contributed by atoms with Gasteiger partial charge in [0.1, 0.15) is 5.75 Å². The van der Waals surface area contributed by atoms with Gasteiger partial charge in [-0.1, -0.05) is 19.1 Å². The summed E-state index contributed by atoms with van der Waals surface area (Å²) in [5, 5.41) is 5.19. The molecule has 0 saturated carbocycles. The Hall–Kier alpha value is -2.04. The summed E-state index contributed by atoms with van der Waals surface area (Å²) in [6.07, 6.45) is 0.789. The maximum absolute atomic E-state index is 11.5. The molecule has 1 atom stereocenters. The number of methoxy groups -OCH3 is 1. The minimum Gasteiger partial charge on any atom is -0.497 e. The average molecular weight is 264 g/mol. The topological polar surface area (TPSA) is 67.4 Å². The molecule has 0 aliphatic heterocycles. The maximum atomic E-state index is 11.5. The summed E-state index contributed by atoms with van der Waals surface area (Å²) >= 11 is 0. The van der Waals surface area contributed by atoms with Crippen LogP contribution in [0.25, 0.3) is 0 Å². The second-order valence-corrected chi connectivity index (χ2v) is 4.31. The Morgan fingerprint density at radius 2 is 1.84 bits per heavy atom. The minimum absolute atomic E-state index is 0.000707. The molecule has 5 heteroatoms. The third-order valence-corrected chi connectivity index (χ3v) is 2.81. The van der Waals surface area contributed by atoms with Crippen LogP contribution in [0.15, 0.2) is 24.3 Å². The van der Waals surface area contributed by atoms with Crippen molar-refractivity contribution in [3.63, 3.8) is 0 Å². The lowest BCUT2D eigenvalue weighted by molar-refractivity contribution is -0.139. The Morgan fingerprint density at radius 1 is 1.21 bits per heavy atom. The van der Waals surface area contributed by atoms with Crippen LogP contribution < -0.4 is 15.4 Å². The van der Waals surface area contributed by atoms with E-state index in [4.69, 9.17) is 4.74 Å². The van der Waals surface area contributed by atoms with Crippen LogP contribution in [-0.4, -0.2) is 25.0 Å². The first-order chi connectivity index (χ1) is 9.06. The first-order valence-corrected chi connectivity index (χ1v) is 6.28. The Morgan fingerprint density at radius 3 is 2.37 bits per heavy atom. The van der Waals surface area contributed by atoms with E-state index in [-0.39, 0.29) is 6.04 Å². The molecule has 2 N–H and O–H groups in total. The van der Waals surface area contributed by atoms with Crippen LogP contribution in [0.3, 0.4) is 0 Å². The van der Waals surface area contributed by atoms with E-state index in [2.05, 4.69) is 10.6 Å². The first-order valence-electron chi connectivity index (χ1n) is 6.28. The van der Waals surface area contributed by atoms with Crippen LogP contribution >= 0.6 is 0 Å². The molecule has 0 fully saturated rings. The molecular weight excluding hydrogens is 244 g/mol. The molecule has 5 nitrogen and oxygen atoms in total. The average Bonchev–Trinajstić information content (AvgIpc) is 2.44. The van der Waals surface area contributed by atoms with Crippen molar-refractivity contribution in [1.29, 1.82) is 0 Å². The lowest BCUT2D eigenvalue weighted by atomic mass is 10.2. The molecule has 1 rings (SSSR count). The highest BCUT2D eigenvalue weighted by Gasteiger charge is 2.14. The number of nitrogens with one attached hydrogen (secondary N) is 2. The van der Waals surface area contributed by atoms with E-state index < -0.39 is 11.8 Å². The number of hydrogen-bond donors (Lipinski definition) is 2. The van der Waals surface area contributed by atoms with Crippen molar-refractivity contribution < 1.29 is 14.3 Å². The van der Waals surface area contributed by atoms with Gasteiger partial charge in [0.25, 0.3) is 0 Å². The van der Waals surface area contributed by atoms with Gasteiger partial charge in [-0.15, -0.1) is 0 Å². The van der Waals surface area contributed by atoms with E-state index in [1.54, 1.807) is 19.2 Å². The van der Waals surface area contributed by atoms with Crippen molar-refractivity contribution in [3.8, 4) is 5.75 Å². The number of ether oxygens (including phenoxy) is 1. The van der Waals surface area contributed by atoms with Gasteiger partial charge < -0.3 is 15.4 Å². The molecule has 0 radical (unpaired) electrons. The van der Waals surface area contributed by atoms with Crippen molar-refractivity contribution in [2.45, 2.75) is 32.9 Å². The third-order valence-electron chi connectivity index (χ3n) is 2.81. The summed E-state index contributed by atoms with van der Waals surface area (Å²) in [6, 6.07) is 7.29. The third kappa shape index (κ3) is 4.99. The van der Waals surface area contributed by atoms with Crippen molar-refractivity contribution in [1.82, 2.24) is 10.6 Å². The fourth-order valence-corrected chi connectivity index (χ4v) is 1.40. The smallest absolute Gasteiger partial charge is 0.309 e. The molecule has 0 saturated heterocycles. The number of hydrogen-bond acceptors (Lipinski definition) is 3. The van der Waals surface area contributed by atoms with Crippen LogP contribution in [-0.2, 0) is 16.1 Å². The number of carbonyl (C=O) groups is 2. The second kappa shape index (κ2) is 7.41. The predicted octanol–water partition coefficient (Wildman–Crippen LogP) is 1.23. The molecule has 0 unspecified atom stereocenters. The molecule has 2 amide bonds. The summed E-state index contributed by atoms with van der Waals surface area (Å²) in [4.78, 5) is 23.0. The number of rotatable bonds is 5. The van der Waals surface area contributed by atoms with Crippen molar-refractivity contribution in [3.05, 3.63) is 29.8 Å². The molecule has 0 heterocycles. The van der Waals surface area contributed by atoms with Gasteiger partial charge in [0, 0.05) is 12.6 Å². The largest absolute Gasteiger partial charge is 0.497 e. The fourth-order valence-electron chi connectivity index (χ4n) is 1.40. The molecular formula is C14H20N2O3. The highest BCUT2D eigenvalue weighted by atomic mass is 16.5. The van der Waals surface area contributed by atoms with Crippen molar-refractivity contribution in [2.24, 2.45) is 0 Å². The fraction of sp³-hybridized carbons (Fsp3) is 0.429. The first kappa shape index (κ1) is 15.0. The van der Waals surface area contributed by atoms with E-state index in [0.717, 1.165) is 17.7 Å². The summed E-state index contributed by atoms with van der Waals surface area (Å²) < 4.78 is 5.04. The number of benzene rings is 1. The molecule has 0 aliphatic carbocycles.